The number of anilines is 1. The number of Topliss-reactive ketones (excluding diaryl/α,β-unsaturated/α-hetero) is 1. The number of amides is 2. The van der Waals surface area contributed by atoms with Gasteiger partial charge in [-0.15, -0.1) is 0 Å². The lowest BCUT2D eigenvalue weighted by Gasteiger charge is -2.33. The summed E-state index contributed by atoms with van der Waals surface area (Å²) >= 11 is 0. The lowest BCUT2D eigenvalue weighted by molar-refractivity contribution is -0.114. The van der Waals surface area contributed by atoms with Gasteiger partial charge < -0.3 is 20.1 Å². The molecule has 0 bridgehead atoms. The van der Waals surface area contributed by atoms with E-state index in [-0.39, 0.29) is 43.2 Å². The van der Waals surface area contributed by atoms with Crippen molar-refractivity contribution in [2.45, 2.75) is 37.8 Å². The summed E-state index contributed by atoms with van der Waals surface area (Å²) in [6, 6.07) is 17.2. The van der Waals surface area contributed by atoms with Crippen molar-refractivity contribution in [3.8, 4) is 5.75 Å². The average molecular weight is 591 g/mol. The number of ketones is 1. The fourth-order valence-corrected chi connectivity index (χ4v) is 6.51. The molecule has 2 amide bonds. The van der Waals surface area contributed by atoms with E-state index >= 15 is 0 Å². The number of aliphatic hydroxyl groups excluding tert-OH is 1. The van der Waals surface area contributed by atoms with Crippen LogP contribution >= 0.6 is 0 Å². The topological polar surface area (TPSA) is 112 Å². The Morgan fingerprint density at radius 1 is 1.00 bits per heavy atom. The molecule has 3 heterocycles. The Labute approximate surface area is 255 Å². The largest absolute Gasteiger partial charge is 0.491 e. The Balaban J connectivity index is 1.06. The van der Waals surface area contributed by atoms with Gasteiger partial charge in [-0.25, -0.2) is 0 Å². The van der Waals surface area contributed by atoms with Crippen molar-refractivity contribution in [1.29, 1.82) is 0 Å². The molecule has 0 aromatic heterocycles. The second-order valence-electron chi connectivity index (χ2n) is 12.0. The average Bonchev–Trinajstić information content (AvgIpc) is 3.55. The van der Waals surface area contributed by atoms with Gasteiger partial charge in [-0.2, -0.15) is 0 Å². The van der Waals surface area contributed by atoms with E-state index in [2.05, 4.69) is 15.2 Å². The minimum Gasteiger partial charge on any atom is -0.491 e. The quantitative estimate of drug-likeness (QED) is 0.328. The summed E-state index contributed by atoms with van der Waals surface area (Å²) in [6.45, 7) is 1.83. The minimum absolute atomic E-state index is 0.0601. The number of hydrogen-bond acceptors (Lipinski definition) is 8. The second-order valence-corrected chi connectivity index (χ2v) is 12.0. The van der Waals surface area contributed by atoms with E-state index < -0.39 is 6.10 Å². The third-order valence-corrected chi connectivity index (χ3v) is 8.90. The van der Waals surface area contributed by atoms with Gasteiger partial charge >= 0.3 is 0 Å². The molecule has 1 fully saturated rings. The first-order valence-corrected chi connectivity index (χ1v) is 15.1. The highest BCUT2D eigenvalue weighted by Crippen LogP contribution is 2.38. The van der Waals surface area contributed by atoms with Gasteiger partial charge in [0.1, 0.15) is 18.5 Å². The zero-order valence-corrected chi connectivity index (χ0v) is 24.6. The SMILES string of the molecule is CN1CCC(N2C(=O)c3cc4c(cc3C2=O)NC(=C2C(=O)CC=CC2=NC[C@@H](O)COc2ccc3ccccc3c2)C4)CC1. The van der Waals surface area contributed by atoms with Crippen molar-refractivity contribution < 1.29 is 24.2 Å². The minimum atomic E-state index is -0.869. The third-order valence-electron chi connectivity index (χ3n) is 8.90. The number of likely N-dealkylation sites (tertiary alicyclic amines) is 1. The molecule has 3 aliphatic heterocycles. The van der Waals surface area contributed by atoms with Crippen molar-refractivity contribution in [2.24, 2.45) is 4.99 Å². The molecule has 0 saturated carbocycles. The summed E-state index contributed by atoms with van der Waals surface area (Å²) in [6.07, 6.45) is 4.93. The predicted octanol–water partition coefficient (Wildman–Crippen LogP) is 4.16. The summed E-state index contributed by atoms with van der Waals surface area (Å²) < 4.78 is 5.82. The Morgan fingerprint density at radius 3 is 2.55 bits per heavy atom. The fraction of sp³-hybridized carbons (Fsp3) is 0.314. The molecule has 1 aliphatic carbocycles. The molecule has 1 saturated heterocycles. The summed E-state index contributed by atoms with van der Waals surface area (Å²) in [5.74, 6) is 0.111. The number of piperidine rings is 1. The van der Waals surface area contributed by atoms with Crippen LogP contribution in [0.15, 0.2) is 83.0 Å². The first kappa shape index (κ1) is 28.2. The molecular weight excluding hydrogens is 556 g/mol. The zero-order valence-electron chi connectivity index (χ0n) is 24.6. The molecule has 9 heteroatoms. The van der Waals surface area contributed by atoms with Crippen molar-refractivity contribution >= 4 is 39.8 Å². The Bertz CT molecular complexity index is 1740. The highest BCUT2D eigenvalue weighted by Gasteiger charge is 2.42. The number of benzene rings is 3. The number of imide groups is 1. The van der Waals surface area contributed by atoms with Gasteiger partial charge in [0.2, 0.25) is 0 Å². The maximum Gasteiger partial charge on any atom is 0.261 e. The maximum absolute atomic E-state index is 13.4. The number of rotatable bonds is 6. The molecule has 0 unspecified atom stereocenters. The van der Waals surface area contributed by atoms with Crippen LogP contribution in [0.5, 0.6) is 5.75 Å². The molecule has 4 aliphatic rings. The Kier molecular flexibility index (Phi) is 7.35. The van der Waals surface area contributed by atoms with Crippen LogP contribution in [0.2, 0.25) is 0 Å². The standard InChI is InChI=1S/C35H34N4O5/c1-38-13-11-24(12-14-38)39-34(42)27-16-23-17-31(37-30(23)18-28(27)35(39)43)33-29(7-4-8-32(33)41)36-19-25(40)20-44-26-10-9-21-5-2-3-6-22(21)15-26/h2-7,9-10,15-16,18,24-25,37,40H,8,11-14,17,19-20H2,1H3/t25-/m1/s1. The van der Waals surface area contributed by atoms with Crippen LogP contribution in [-0.2, 0) is 11.2 Å². The van der Waals surface area contributed by atoms with Crippen molar-refractivity contribution in [1.82, 2.24) is 9.80 Å². The molecule has 3 aromatic carbocycles. The van der Waals surface area contributed by atoms with Gasteiger partial charge in [0.05, 0.1) is 29.0 Å². The van der Waals surface area contributed by atoms with Gasteiger partial charge in [-0.3, -0.25) is 24.3 Å². The van der Waals surface area contributed by atoms with E-state index in [9.17, 15) is 19.5 Å². The lowest BCUT2D eigenvalue weighted by Crippen LogP contribution is -2.46. The number of ether oxygens (including phenoxy) is 1. The molecule has 3 aromatic rings. The van der Waals surface area contributed by atoms with Gasteiger partial charge in [0, 0.05) is 30.3 Å². The van der Waals surface area contributed by atoms with Gasteiger partial charge in [-0.05, 0) is 79.7 Å². The van der Waals surface area contributed by atoms with Crippen LogP contribution in [0.1, 0.15) is 45.5 Å². The highest BCUT2D eigenvalue weighted by atomic mass is 16.5. The summed E-state index contributed by atoms with van der Waals surface area (Å²) in [4.78, 5) is 48.1. The molecule has 0 spiro atoms. The van der Waals surface area contributed by atoms with Gasteiger partial charge in [-0.1, -0.05) is 36.4 Å². The summed E-state index contributed by atoms with van der Waals surface area (Å²) in [5, 5.41) is 16.2. The van der Waals surface area contributed by atoms with Crippen LogP contribution in [0.25, 0.3) is 10.8 Å². The number of aliphatic imine (C=N–C) groups is 1. The number of nitrogens with one attached hydrogen (secondary N) is 1. The Morgan fingerprint density at radius 2 is 1.75 bits per heavy atom. The van der Waals surface area contributed by atoms with E-state index in [0.29, 0.717) is 40.3 Å². The number of allylic oxidation sites excluding steroid dienone is 4. The highest BCUT2D eigenvalue weighted by molar-refractivity contribution is 6.29. The number of carbonyl (C=O) groups excluding carboxylic acids is 3. The number of nitrogens with zero attached hydrogens (tertiary/aromatic N) is 3. The molecular formula is C35H34N4O5. The maximum atomic E-state index is 13.4. The zero-order chi connectivity index (χ0) is 30.4. The molecule has 224 valence electrons. The number of hydrogen-bond donors (Lipinski definition) is 2. The number of fused-ring (bicyclic) bond motifs is 3. The summed E-state index contributed by atoms with van der Waals surface area (Å²) in [5.41, 5.74) is 4.08. The molecule has 7 rings (SSSR count). The second kappa shape index (κ2) is 11.5. The van der Waals surface area contributed by atoms with Crippen LogP contribution in [0.4, 0.5) is 5.69 Å². The Hall–Kier alpha value is -4.60. The van der Waals surface area contributed by atoms with E-state index in [1.54, 1.807) is 24.3 Å². The monoisotopic (exact) mass is 590 g/mol. The van der Waals surface area contributed by atoms with Crippen LogP contribution in [-0.4, -0.2) is 83.7 Å². The molecule has 0 radical (unpaired) electrons. The lowest BCUT2D eigenvalue weighted by atomic mass is 9.94. The molecule has 44 heavy (non-hydrogen) atoms. The summed E-state index contributed by atoms with van der Waals surface area (Å²) in [7, 11) is 2.05. The van der Waals surface area contributed by atoms with Crippen molar-refractivity contribution in [2.75, 3.05) is 38.6 Å². The van der Waals surface area contributed by atoms with E-state index in [4.69, 9.17) is 4.74 Å². The van der Waals surface area contributed by atoms with Crippen molar-refractivity contribution in [3.05, 3.63) is 94.7 Å². The van der Waals surface area contributed by atoms with Crippen molar-refractivity contribution in [3.63, 3.8) is 0 Å². The third kappa shape index (κ3) is 5.22. The van der Waals surface area contributed by atoms with Crippen LogP contribution in [0, 0.1) is 0 Å². The molecule has 9 nitrogen and oxygen atoms in total. The fourth-order valence-electron chi connectivity index (χ4n) is 6.51. The van der Waals surface area contributed by atoms with Crippen LogP contribution < -0.4 is 10.1 Å². The van der Waals surface area contributed by atoms with Gasteiger partial charge in [0.25, 0.3) is 11.8 Å². The smallest absolute Gasteiger partial charge is 0.261 e. The first-order chi connectivity index (χ1) is 21.4. The first-order valence-electron chi connectivity index (χ1n) is 15.1. The van der Waals surface area contributed by atoms with Gasteiger partial charge in [0.15, 0.2) is 5.78 Å². The normalized spacial score (nSPS) is 22.1. The molecule has 2 N–H and O–H groups in total. The predicted molar refractivity (Wildman–Crippen MR) is 168 cm³/mol. The number of aliphatic hydroxyl groups is 1. The molecule has 1 atom stereocenters. The van der Waals surface area contributed by atoms with E-state index in [0.717, 1.165) is 48.0 Å². The van der Waals surface area contributed by atoms with Crippen LogP contribution in [0.3, 0.4) is 0 Å². The van der Waals surface area contributed by atoms with E-state index in [1.165, 1.54) is 4.90 Å². The number of carbonyl (C=O) groups is 3. The van der Waals surface area contributed by atoms with E-state index in [1.807, 2.05) is 49.5 Å².